The van der Waals surface area contributed by atoms with Gasteiger partial charge < -0.3 is 4.57 Å². The van der Waals surface area contributed by atoms with Gasteiger partial charge in [-0.05, 0) is 23.8 Å². The molecule has 0 saturated heterocycles. The molecule has 0 spiro atoms. The highest BCUT2D eigenvalue weighted by atomic mass is 35.5. The minimum Gasteiger partial charge on any atom is -0.343 e. The van der Waals surface area contributed by atoms with Crippen LogP contribution in [0.15, 0.2) is 47.3 Å². The second kappa shape index (κ2) is 4.14. The Morgan fingerprint density at radius 3 is 2.56 bits per heavy atom. The predicted octanol–water partition coefficient (Wildman–Crippen LogP) is 3.43. The number of hydrogen-bond acceptors (Lipinski definition) is 1. The molecule has 3 rings (SSSR count). The summed E-state index contributed by atoms with van der Waals surface area (Å²) in [6.45, 7) is 0. The van der Waals surface area contributed by atoms with Gasteiger partial charge in [0, 0.05) is 23.7 Å². The van der Waals surface area contributed by atoms with Crippen LogP contribution in [-0.2, 0) is 12.9 Å². The average Bonchev–Trinajstić information content (AvgIpc) is 2.44. The molecule has 3 aromatic rings. The van der Waals surface area contributed by atoms with E-state index in [4.69, 9.17) is 11.6 Å². The molecule has 0 atom stereocenters. The molecular weight excluding hydrogens is 246 g/mol. The number of hydrogen-bond donors (Lipinski definition) is 0. The first-order valence-electron chi connectivity index (χ1n) is 5.79. The maximum atomic E-state index is 12.5. The Morgan fingerprint density at radius 1 is 1.06 bits per heavy atom. The quantitative estimate of drug-likeness (QED) is 0.484. The number of pyridine rings is 1. The van der Waals surface area contributed by atoms with Crippen molar-refractivity contribution >= 4 is 33.4 Å². The summed E-state index contributed by atoms with van der Waals surface area (Å²) in [7, 11) is 1.97. The van der Waals surface area contributed by atoms with Crippen molar-refractivity contribution in [1.29, 1.82) is 0 Å². The summed E-state index contributed by atoms with van der Waals surface area (Å²) in [6, 6.07) is 13.4. The van der Waals surface area contributed by atoms with Gasteiger partial charge >= 0.3 is 0 Å². The number of rotatable bonds is 1. The van der Waals surface area contributed by atoms with E-state index >= 15 is 0 Å². The second-order valence-electron chi connectivity index (χ2n) is 4.35. The zero-order valence-electron chi connectivity index (χ0n) is 9.98. The minimum atomic E-state index is 0.0747. The number of para-hydroxylation sites is 2. The molecule has 18 heavy (non-hydrogen) atoms. The van der Waals surface area contributed by atoms with Crippen molar-refractivity contribution in [3.63, 3.8) is 0 Å². The lowest BCUT2D eigenvalue weighted by Gasteiger charge is -2.12. The topological polar surface area (TPSA) is 22.0 Å². The summed E-state index contributed by atoms with van der Waals surface area (Å²) in [5.41, 5.74) is 2.92. The molecule has 90 valence electrons. The van der Waals surface area contributed by atoms with Crippen LogP contribution < -0.4 is 5.43 Å². The third kappa shape index (κ3) is 1.46. The largest absolute Gasteiger partial charge is 0.343 e. The van der Waals surface area contributed by atoms with E-state index in [1.54, 1.807) is 0 Å². The molecule has 0 radical (unpaired) electrons. The molecule has 0 N–H and O–H groups in total. The van der Waals surface area contributed by atoms with Crippen molar-refractivity contribution in [3.8, 4) is 0 Å². The van der Waals surface area contributed by atoms with Gasteiger partial charge in [0.05, 0.1) is 11.0 Å². The van der Waals surface area contributed by atoms with E-state index < -0.39 is 0 Å². The monoisotopic (exact) mass is 257 g/mol. The van der Waals surface area contributed by atoms with E-state index in [1.165, 1.54) is 0 Å². The average molecular weight is 258 g/mol. The van der Waals surface area contributed by atoms with Crippen LogP contribution >= 0.6 is 11.6 Å². The van der Waals surface area contributed by atoms with E-state index in [-0.39, 0.29) is 5.43 Å². The van der Waals surface area contributed by atoms with Gasteiger partial charge in [0.2, 0.25) is 0 Å². The van der Waals surface area contributed by atoms with E-state index in [2.05, 4.69) is 0 Å². The Hall–Kier alpha value is -1.80. The van der Waals surface area contributed by atoms with Crippen LogP contribution in [0.1, 0.15) is 5.56 Å². The van der Waals surface area contributed by atoms with Crippen LogP contribution in [-0.4, -0.2) is 4.57 Å². The summed E-state index contributed by atoms with van der Waals surface area (Å²) in [4.78, 5) is 12.5. The minimum absolute atomic E-state index is 0.0747. The van der Waals surface area contributed by atoms with Crippen molar-refractivity contribution in [2.24, 2.45) is 7.05 Å². The number of benzene rings is 2. The van der Waals surface area contributed by atoms with Crippen LogP contribution in [0.2, 0.25) is 0 Å². The highest BCUT2D eigenvalue weighted by molar-refractivity contribution is 6.18. The van der Waals surface area contributed by atoms with Gasteiger partial charge in [-0.25, -0.2) is 0 Å². The van der Waals surface area contributed by atoms with Gasteiger partial charge in [-0.3, -0.25) is 4.79 Å². The molecule has 2 nitrogen and oxygen atoms in total. The maximum absolute atomic E-state index is 12.5. The number of alkyl halides is 1. The molecule has 0 amide bonds. The highest BCUT2D eigenvalue weighted by Gasteiger charge is 2.10. The molecule has 0 unspecified atom stereocenters. The molecule has 3 heteroatoms. The molecular formula is C15H12ClNO. The van der Waals surface area contributed by atoms with Crippen LogP contribution in [0.3, 0.4) is 0 Å². The second-order valence-corrected chi connectivity index (χ2v) is 4.62. The fourth-order valence-electron chi connectivity index (χ4n) is 2.50. The van der Waals surface area contributed by atoms with Gasteiger partial charge in [0.15, 0.2) is 5.43 Å². The van der Waals surface area contributed by atoms with Crippen molar-refractivity contribution in [2.75, 3.05) is 0 Å². The number of halogens is 1. The molecule has 1 aromatic heterocycles. The standard InChI is InChI=1S/C15H12ClNO/c1-17-13-8-3-2-6-11(13)15(18)12-7-4-5-10(9-16)14(12)17/h2-8H,9H2,1H3. The molecule has 1 heterocycles. The van der Waals surface area contributed by atoms with E-state index in [0.29, 0.717) is 5.88 Å². The van der Waals surface area contributed by atoms with Crippen LogP contribution in [0.4, 0.5) is 0 Å². The fraction of sp³-hybridized carbons (Fsp3) is 0.133. The van der Waals surface area contributed by atoms with Crippen molar-refractivity contribution < 1.29 is 0 Å². The summed E-state index contributed by atoms with van der Waals surface area (Å²) < 4.78 is 2.05. The molecule has 0 saturated carbocycles. The summed E-state index contributed by atoms with van der Waals surface area (Å²) >= 11 is 5.97. The molecule has 0 fully saturated rings. The molecule has 0 aliphatic rings. The normalized spacial score (nSPS) is 11.2. The number of aryl methyl sites for hydroxylation is 1. The zero-order chi connectivity index (χ0) is 12.7. The third-order valence-electron chi connectivity index (χ3n) is 3.35. The van der Waals surface area contributed by atoms with Crippen molar-refractivity contribution in [2.45, 2.75) is 5.88 Å². The van der Waals surface area contributed by atoms with Crippen molar-refractivity contribution in [1.82, 2.24) is 4.57 Å². The first-order valence-corrected chi connectivity index (χ1v) is 6.33. The lowest BCUT2D eigenvalue weighted by molar-refractivity contribution is 0.994. The summed E-state index contributed by atoms with van der Waals surface area (Å²) in [5.74, 6) is 0.406. The molecule has 0 aliphatic carbocycles. The third-order valence-corrected chi connectivity index (χ3v) is 3.64. The fourth-order valence-corrected chi connectivity index (χ4v) is 2.72. The molecule has 0 aliphatic heterocycles. The molecule has 0 bridgehead atoms. The van der Waals surface area contributed by atoms with Gasteiger partial charge in [-0.1, -0.05) is 24.3 Å². The number of nitrogens with zero attached hydrogens (tertiary/aromatic N) is 1. The predicted molar refractivity (Wildman–Crippen MR) is 76.3 cm³/mol. The van der Waals surface area contributed by atoms with Gasteiger partial charge in [0.25, 0.3) is 0 Å². The van der Waals surface area contributed by atoms with Gasteiger partial charge in [-0.15, -0.1) is 11.6 Å². The van der Waals surface area contributed by atoms with Gasteiger partial charge in [-0.2, -0.15) is 0 Å². The first kappa shape index (κ1) is 11.3. The SMILES string of the molecule is Cn1c2ccccc2c(=O)c2cccc(CCl)c21. The Labute approximate surface area is 109 Å². The van der Waals surface area contributed by atoms with E-state index in [0.717, 1.165) is 27.4 Å². The first-order chi connectivity index (χ1) is 8.74. The lowest BCUT2D eigenvalue weighted by atomic mass is 10.1. The van der Waals surface area contributed by atoms with E-state index in [1.807, 2.05) is 54.1 Å². The highest BCUT2D eigenvalue weighted by Crippen LogP contribution is 2.22. The zero-order valence-corrected chi connectivity index (χ0v) is 10.7. The smallest absolute Gasteiger partial charge is 0.197 e. The van der Waals surface area contributed by atoms with Crippen molar-refractivity contribution in [3.05, 3.63) is 58.3 Å². The Balaban J connectivity index is 2.67. The summed E-state index contributed by atoms with van der Waals surface area (Å²) in [5, 5.41) is 1.48. The Kier molecular flexibility index (Phi) is 2.60. The number of aromatic nitrogens is 1. The lowest BCUT2D eigenvalue weighted by Crippen LogP contribution is -2.10. The Bertz CT molecular complexity index is 805. The van der Waals surface area contributed by atoms with Gasteiger partial charge in [0.1, 0.15) is 0 Å². The van der Waals surface area contributed by atoms with Crippen LogP contribution in [0.25, 0.3) is 21.8 Å². The maximum Gasteiger partial charge on any atom is 0.197 e. The van der Waals surface area contributed by atoms with E-state index in [9.17, 15) is 4.79 Å². The summed E-state index contributed by atoms with van der Waals surface area (Å²) in [6.07, 6.45) is 0. The number of fused-ring (bicyclic) bond motifs is 2. The molecule has 2 aromatic carbocycles. The Morgan fingerprint density at radius 2 is 1.78 bits per heavy atom. The van der Waals surface area contributed by atoms with Crippen LogP contribution in [0.5, 0.6) is 0 Å². The van der Waals surface area contributed by atoms with Crippen LogP contribution in [0, 0.1) is 0 Å².